The van der Waals surface area contributed by atoms with Gasteiger partial charge in [0.2, 0.25) is 0 Å². The van der Waals surface area contributed by atoms with Crippen LogP contribution in [0, 0.1) is 13.8 Å². The summed E-state index contributed by atoms with van der Waals surface area (Å²) < 4.78 is 0. The second-order valence-corrected chi connectivity index (χ2v) is 6.65. The number of benzene rings is 1. The van der Waals surface area contributed by atoms with Gasteiger partial charge in [0.05, 0.1) is 0 Å². The second-order valence-electron chi connectivity index (χ2n) is 6.65. The number of amides is 2. The first-order valence-electron chi connectivity index (χ1n) is 8.09. The van der Waals surface area contributed by atoms with E-state index in [0.29, 0.717) is 6.04 Å². The number of hydrogen-bond acceptors (Lipinski definition) is 3. The average molecular weight is 302 g/mol. The number of likely N-dealkylation sites (N-methyl/N-ethyl adjacent to an activating group) is 1. The van der Waals surface area contributed by atoms with Crippen molar-refractivity contribution in [3.8, 4) is 0 Å². The van der Waals surface area contributed by atoms with E-state index < -0.39 is 0 Å². The molecule has 0 unspecified atom stereocenters. The molecule has 22 heavy (non-hydrogen) atoms. The number of rotatable bonds is 2. The van der Waals surface area contributed by atoms with Gasteiger partial charge in [0.1, 0.15) is 0 Å². The molecule has 0 aliphatic carbocycles. The molecule has 0 aromatic heterocycles. The normalized spacial score (nSPS) is 20.8. The zero-order valence-electron chi connectivity index (χ0n) is 13.8. The highest BCUT2D eigenvalue weighted by molar-refractivity contribution is 5.90. The SMILES string of the molecule is Cc1ccc(NC(=O)N2CC(N3CCN(C)CC3)C2)c(C)c1. The Labute approximate surface area is 132 Å². The first-order valence-corrected chi connectivity index (χ1v) is 8.09. The standard InChI is InChI=1S/C17H26N4O/c1-13-4-5-16(14(2)10-13)18-17(22)21-11-15(12-21)20-8-6-19(3)7-9-20/h4-5,10,15H,6-9,11-12H2,1-3H3,(H,18,22). The number of piperazine rings is 1. The quantitative estimate of drug-likeness (QED) is 0.905. The Morgan fingerprint density at radius 1 is 1.14 bits per heavy atom. The Kier molecular flexibility index (Phi) is 4.36. The fourth-order valence-corrected chi connectivity index (χ4v) is 3.19. The smallest absolute Gasteiger partial charge is 0.321 e. The van der Waals surface area contributed by atoms with Crippen LogP contribution in [0.1, 0.15) is 11.1 Å². The van der Waals surface area contributed by atoms with E-state index >= 15 is 0 Å². The molecule has 2 fully saturated rings. The number of hydrogen-bond donors (Lipinski definition) is 1. The van der Waals surface area contributed by atoms with Crippen LogP contribution < -0.4 is 5.32 Å². The van der Waals surface area contributed by atoms with Crippen molar-refractivity contribution in [3.63, 3.8) is 0 Å². The van der Waals surface area contributed by atoms with Crippen LogP contribution in [0.25, 0.3) is 0 Å². The summed E-state index contributed by atoms with van der Waals surface area (Å²) in [5.74, 6) is 0. The summed E-state index contributed by atoms with van der Waals surface area (Å²) in [6, 6.07) is 6.68. The Morgan fingerprint density at radius 2 is 1.82 bits per heavy atom. The Hall–Kier alpha value is -1.59. The molecule has 120 valence electrons. The van der Waals surface area contributed by atoms with Crippen LogP contribution in [0.2, 0.25) is 0 Å². The van der Waals surface area contributed by atoms with Crippen LogP contribution in [0.4, 0.5) is 10.5 Å². The van der Waals surface area contributed by atoms with Crippen molar-refractivity contribution in [1.82, 2.24) is 14.7 Å². The van der Waals surface area contributed by atoms with Crippen molar-refractivity contribution >= 4 is 11.7 Å². The zero-order valence-corrected chi connectivity index (χ0v) is 13.8. The first-order chi connectivity index (χ1) is 10.5. The third kappa shape index (κ3) is 3.25. The number of nitrogens with one attached hydrogen (secondary N) is 1. The molecule has 2 heterocycles. The van der Waals surface area contributed by atoms with Gasteiger partial charge in [-0.05, 0) is 32.5 Å². The van der Waals surface area contributed by atoms with Gasteiger partial charge in [0, 0.05) is 51.0 Å². The van der Waals surface area contributed by atoms with Crippen molar-refractivity contribution in [2.75, 3.05) is 51.6 Å². The summed E-state index contributed by atoms with van der Waals surface area (Å²) in [6.07, 6.45) is 0. The number of urea groups is 1. The summed E-state index contributed by atoms with van der Waals surface area (Å²) in [5, 5.41) is 3.03. The van der Waals surface area contributed by atoms with Crippen LogP contribution in [-0.2, 0) is 0 Å². The van der Waals surface area contributed by atoms with E-state index in [-0.39, 0.29) is 6.03 Å². The summed E-state index contributed by atoms with van der Waals surface area (Å²) in [5.41, 5.74) is 3.25. The van der Waals surface area contributed by atoms with E-state index in [9.17, 15) is 4.79 Å². The van der Waals surface area contributed by atoms with Gasteiger partial charge in [0.25, 0.3) is 0 Å². The van der Waals surface area contributed by atoms with E-state index in [1.807, 2.05) is 24.0 Å². The summed E-state index contributed by atoms with van der Waals surface area (Å²) in [6.45, 7) is 10.3. The van der Waals surface area contributed by atoms with E-state index in [4.69, 9.17) is 0 Å². The molecular weight excluding hydrogens is 276 g/mol. The number of anilines is 1. The van der Waals surface area contributed by atoms with Crippen molar-refractivity contribution in [2.24, 2.45) is 0 Å². The Bertz CT molecular complexity index is 546. The maximum atomic E-state index is 12.3. The van der Waals surface area contributed by atoms with E-state index in [1.165, 1.54) is 5.56 Å². The third-order valence-corrected chi connectivity index (χ3v) is 4.83. The Balaban J connectivity index is 1.49. The van der Waals surface area contributed by atoms with Crippen molar-refractivity contribution in [2.45, 2.75) is 19.9 Å². The highest BCUT2D eigenvalue weighted by atomic mass is 16.2. The molecule has 2 amide bonds. The molecule has 0 saturated carbocycles. The molecule has 1 N–H and O–H groups in total. The predicted octanol–water partition coefficient (Wildman–Crippen LogP) is 1.77. The van der Waals surface area contributed by atoms with Crippen LogP contribution in [0.3, 0.4) is 0 Å². The van der Waals surface area contributed by atoms with Gasteiger partial charge in [-0.3, -0.25) is 4.90 Å². The highest BCUT2D eigenvalue weighted by Crippen LogP contribution is 2.20. The minimum absolute atomic E-state index is 0.0253. The number of likely N-dealkylation sites (tertiary alicyclic amines) is 1. The zero-order chi connectivity index (χ0) is 15.7. The molecule has 0 spiro atoms. The molecule has 0 radical (unpaired) electrons. The molecule has 2 aliphatic rings. The number of carbonyl (C=O) groups excluding carboxylic acids is 1. The fourth-order valence-electron chi connectivity index (χ4n) is 3.19. The lowest BCUT2D eigenvalue weighted by Crippen LogP contribution is -2.64. The molecule has 0 atom stereocenters. The molecule has 2 saturated heterocycles. The largest absolute Gasteiger partial charge is 0.321 e. The van der Waals surface area contributed by atoms with Gasteiger partial charge in [-0.2, -0.15) is 0 Å². The second kappa shape index (κ2) is 6.26. The van der Waals surface area contributed by atoms with Gasteiger partial charge in [-0.15, -0.1) is 0 Å². The monoisotopic (exact) mass is 302 g/mol. The molecule has 3 rings (SSSR count). The van der Waals surface area contributed by atoms with Crippen LogP contribution >= 0.6 is 0 Å². The minimum Gasteiger partial charge on any atom is -0.321 e. The van der Waals surface area contributed by atoms with Gasteiger partial charge in [0.15, 0.2) is 0 Å². The summed E-state index contributed by atoms with van der Waals surface area (Å²) in [4.78, 5) is 19.1. The fraction of sp³-hybridized carbons (Fsp3) is 0.588. The number of nitrogens with zero attached hydrogens (tertiary/aromatic N) is 3. The summed E-state index contributed by atoms with van der Waals surface area (Å²) >= 11 is 0. The van der Waals surface area contributed by atoms with Gasteiger partial charge < -0.3 is 15.1 Å². The number of carbonyl (C=O) groups is 1. The maximum Gasteiger partial charge on any atom is 0.321 e. The van der Waals surface area contributed by atoms with Gasteiger partial charge in [-0.25, -0.2) is 4.79 Å². The average Bonchev–Trinajstić information content (AvgIpc) is 2.42. The molecule has 0 bridgehead atoms. The van der Waals surface area contributed by atoms with E-state index in [2.05, 4.69) is 35.2 Å². The van der Waals surface area contributed by atoms with Crippen molar-refractivity contribution in [3.05, 3.63) is 29.3 Å². The molecule has 2 aliphatic heterocycles. The lowest BCUT2D eigenvalue weighted by molar-refractivity contribution is 0.0318. The lowest BCUT2D eigenvalue weighted by Gasteiger charge is -2.47. The predicted molar refractivity (Wildman–Crippen MR) is 89.4 cm³/mol. The molecule has 1 aromatic rings. The van der Waals surface area contributed by atoms with Crippen LogP contribution in [-0.4, -0.2) is 73.1 Å². The number of aryl methyl sites for hydroxylation is 2. The lowest BCUT2D eigenvalue weighted by atomic mass is 10.1. The topological polar surface area (TPSA) is 38.8 Å². The van der Waals surface area contributed by atoms with E-state index in [0.717, 1.165) is 50.5 Å². The van der Waals surface area contributed by atoms with Gasteiger partial charge in [-0.1, -0.05) is 17.7 Å². The van der Waals surface area contributed by atoms with Crippen LogP contribution in [0.15, 0.2) is 18.2 Å². The van der Waals surface area contributed by atoms with Crippen molar-refractivity contribution in [1.29, 1.82) is 0 Å². The van der Waals surface area contributed by atoms with Crippen molar-refractivity contribution < 1.29 is 4.79 Å². The highest BCUT2D eigenvalue weighted by Gasteiger charge is 2.35. The Morgan fingerprint density at radius 3 is 2.45 bits per heavy atom. The molecular formula is C17H26N4O. The van der Waals surface area contributed by atoms with Gasteiger partial charge >= 0.3 is 6.03 Å². The third-order valence-electron chi connectivity index (χ3n) is 4.83. The minimum atomic E-state index is 0.0253. The van der Waals surface area contributed by atoms with E-state index in [1.54, 1.807) is 0 Å². The summed E-state index contributed by atoms with van der Waals surface area (Å²) in [7, 11) is 2.17. The molecule has 5 nitrogen and oxygen atoms in total. The molecule has 5 heteroatoms. The maximum absolute atomic E-state index is 12.3. The first kappa shape index (κ1) is 15.3. The molecule has 1 aromatic carbocycles. The van der Waals surface area contributed by atoms with Crippen LogP contribution in [0.5, 0.6) is 0 Å².